The molecule has 2 N–H and O–H groups in total. The number of thioether (sulfide) groups is 1. The minimum Gasteiger partial charge on any atom is -0.497 e. The lowest BCUT2D eigenvalue weighted by Crippen LogP contribution is -2.14. The average molecular weight is 424 g/mol. The molecule has 29 heavy (non-hydrogen) atoms. The first kappa shape index (κ1) is 19.2. The van der Waals surface area contributed by atoms with Crippen LogP contribution in [-0.4, -0.2) is 34.0 Å². The van der Waals surface area contributed by atoms with E-state index >= 15 is 0 Å². The van der Waals surface area contributed by atoms with Crippen molar-refractivity contribution in [3.05, 3.63) is 60.8 Å². The highest BCUT2D eigenvalue weighted by atomic mass is 32.2. The Kier molecular flexibility index (Phi) is 5.87. The van der Waals surface area contributed by atoms with E-state index in [-0.39, 0.29) is 11.7 Å². The second-order valence-electron chi connectivity index (χ2n) is 5.94. The lowest BCUT2D eigenvalue weighted by atomic mass is 10.2. The highest BCUT2D eigenvalue weighted by molar-refractivity contribution is 8.01. The van der Waals surface area contributed by atoms with Gasteiger partial charge in [0.1, 0.15) is 5.75 Å². The van der Waals surface area contributed by atoms with Crippen LogP contribution in [0.25, 0.3) is 10.9 Å². The molecule has 9 heteroatoms. The summed E-state index contributed by atoms with van der Waals surface area (Å²) in [6, 6.07) is 17.0. The summed E-state index contributed by atoms with van der Waals surface area (Å²) in [4.78, 5) is 16.7. The molecular weight excluding hydrogens is 406 g/mol. The number of pyridine rings is 1. The summed E-state index contributed by atoms with van der Waals surface area (Å²) in [7, 11) is 1.63. The van der Waals surface area contributed by atoms with Gasteiger partial charge in [0.15, 0.2) is 4.34 Å². The van der Waals surface area contributed by atoms with Crippen LogP contribution in [0, 0.1) is 0 Å². The van der Waals surface area contributed by atoms with Crippen LogP contribution < -0.4 is 15.4 Å². The molecule has 0 fully saturated rings. The van der Waals surface area contributed by atoms with Gasteiger partial charge in [0.2, 0.25) is 11.0 Å². The Morgan fingerprint density at radius 1 is 1.10 bits per heavy atom. The van der Waals surface area contributed by atoms with E-state index in [2.05, 4.69) is 25.8 Å². The van der Waals surface area contributed by atoms with Gasteiger partial charge in [-0.25, -0.2) is 0 Å². The Labute approximate surface area is 175 Å². The summed E-state index contributed by atoms with van der Waals surface area (Å²) in [5.74, 6) is 0.927. The second-order valence-corrected chi connectivity index (χ2v) is 8.14. The Morgan fingerprint density at radius 3 is 2.79 bits per heavy atom. The van der Waals surface area contributed by atoms with Gasteiger partial charge in [0.25, 0.3) is 0 Å². The van der Waals surface area contributed by atoms with Crippen molar-refractivity contribution in [3.8, 4) is 5.75 Å². The van der Waals surface area contributed by atoms with Gasteiger partial charge < -0.3 is 15.4 Å². The zero-order valence-electron chi connectivity index (χ0n) is 15.5. The maximum atomic E-state index is 12.4. The Hall–Kier alpha value is -3.17. The molecule has 1 amide bonds. The van der Waals surface area contributed by atoms with Gasteiger partial charge in [0, 0.05) is 17.3 Å². The number of nitrogens with zero attached hydrogens (tertiary/aromatic N) is 3. The number of methoxy groups -OCH3 is 1. The molecule has 2 heterocycles. The van der Waals surface area contributed by atoms with Crippen molar-refractivity contribution < 1.29 is 9.53 Å². The molecular formula is C20H17N5O2S2. The standard InChI is InChI=1S/C20H17N5O2S2/c1-27-14-9-7-13(8-10-14)22-19-24-25-20(29-19)28-12-18(26)23-17-6-2-5-16-15(17)4-3-11-21-16/h2-11H,12H2,1H3,(H,22,24)(H,23,26). The van der Waals surface area contributed by atoms with Gasteiger partial charge in [-0.2, -0.15) is 0 Å². The van der Waals surface area contributed by atoms with Gasteiger partial charge in [-0.1, -0.05) is 29.2 Å². The molecule has 4 rings (SSSR count). The molecule has 0 bridgehead atoms. The number of hydrogen-bond acceptors (Lipinski definition) is 8. The Morgan fingerprint density at radius 2 is 1.97 bits per heavy atom. The zero-order chi connectivity index (χ0) is 20.1. The van der Waals surface area contributed by atoms with Crippen LogP contribution in [0.5, 0.6) is 5.75 Å². The summed E-state index contributed by atoms with van der Waals surface area (Å²) < 4.78 is 5.86. The summed E-state index contributed by atoms with van der Waals surface area (Å²) in [5, 5.41) is 16.0. The fourth-order valence-corrected chi connectivity index (χ4v) is 4.21. The first-order valence-corrected chi connectivity index (χ1v) is 10.5. The summed E-state index contributed by atoms with van der Waals surface area (Å²) in [5.41, 5.74) is 2.48. The van der Waals surface area contributed by atoms with Crippen LogP contribution in [0.1, 0.15) is 0 Å². The maximum Gasteiger partial charge on any atom is 0.234 e. The van der Waals surface area contributed by atoms with Gasteiger partial charge in [-0.05, 0) is 48.5 Å². The van der Waals surface area contributed by atoms with E-state index in [1.54, 1.807) is 13.3 Å². The molecule has 0 unspecified atom stereocenters. The molecule has 0 aliphatic heterocycles. The number of anilines is 3. The topological polar surface area (TPSA) is 89.0 Å². The number of ether oxygens (including phenoxy) is 1. The van der Waals surface area contributed by atoms with Crippen molar-refractivity contribution in [2.24, 2.45) is 0 Å². The number of aromatic nitrogens is 3. The molecule has 0 aliphatic carbocycles. The number of rotatable bonds is 7. The summed E-state index contributed by atoms with van der Waals surface area (Å²) >= 11 is 2.74. The largest absolute Gasteiger partial charge is 0.497 e. The van der Waals surface area contributed by atoms with Crippen molar-refractivity contribution in [2.75, 3.05) is 23.5 Å². The number of benzene rings is 2. The number of nitrogens with one attached hydrogen (secondary N) is 2. The van der Waals surface area contributed by atoms with Gasteiger partial charge >= 0.3 is 0 Å². The van der Waals surface area contributed by atoms with Crippen LogP contribution in [0.3, 0.4) is 0 Å². The van der Waals surface area contributed by atoms with Crippen LogP contribution in [0.4, 0.5) is 16.5 Å². The molecule has 146 valence electrons. The molecule has 2 aromatic carbocycles. The molecule has 0 radical (unpaired) electrons. The molecule has 0 spiro atoms. The normalized spacial score (nSPS) is 10.7. The van der Waals surface area contributed by atoms with Gasteiger partial charge in [0.05, 0.1) is 24.1 Å². The Balaban J connectivity index is 1.33. The average Bonchev–Trinajstić information content (AvgIpc) is 3.20. The quantitative estimate of drug-likeness (QED) is 0.421. The van der Waals surface area contributed by atoms with Crippen molar-refractivity contribution in [1.82, 2.24) is 15.2 Å². The van der Waals surface area contributed by atoms with Crippen LogP contribution in [0.15, 0.2) is 65.1 Å². The van der Waals surface area contributed by atoms with Crippen LogP contribution >= 0.6 is 23.1 Å². The predicted octanol–water partition coefficient (Wildman–Crippen LogP) is 4.57. The fourth-order valence-electron chi connectivity index (χ4n) is 2.64. The van der Waals surface area contributed by atoms with Gasteiger partial charge in [-0.3, -0.25) is 9.78 Å². The number of carbonyl (C=O) groups excluding carboxylic acids is 1. The Bertz CT molecular complexity index is 1130. The monoisotopic (exact) mass is 423 g/mol. The first-order chi connectivity index (χ1) is 14.2. The highest BCUT2D eigenvalue weighted by Crippen LogP contribution is 2.28. The fraction of sp³-hybridized carbons (Fsp3) is 0.100. The van der Waals surface area contributed by atoms with Crippen molar-refractivity contribution in [3.63, 3.8) is 0 Å². The predicted molar refractivity (Wildman–Crippen MR) is 117 cm³/mol. The van der Waals surface area contributed by atoms with E-state index in [4.69, 9.17) is 4.74 Å². The minimum atomic E-state index is -0.105. The van der Waals surface area contributed by atoms with E-state index < -0.39 is 0 Å². The van der Waals surface area contributed by atoms with Crippen molar-refractivity contribution in [2.45, 2.75) is 4.34 Å². The number of amides is 1. The second kappa shape index (κ2) is 8.89. The number of hydrogen-bond donors (Lipinski definition) is 2. The van der Waals surface area contributed by atoms with Crippen molar-refractivity contribution in [1.29, 1.82) is 0 Å². The van der Waals surface area contributed by atoms with Gasteiger partial charge in [-0.15, -0.1) is 10.2 Å². The molecule has 0 saturated heterocycles. The third-order valence-corrected chi connectivity index (χ3v) is 5.97. The maximum absolute atomic E-state index is 12.4. The minimum absolute atomic E-state index is 0.105. The zero-order valence-corrected chi connectivity index (χ0v) is 17.1. The number of fused-ring (bicyclic) bond motifs is 1. The van der Waals surface area contributed by atoms with E-state index in [0.29, 0.717) is 5.13 Å². The third kappa shape index (κ3) is 4.82. The first-order valence-electron chi connectivity index (χ1n) is 8.72. The molecule has 2 aromatic heterocycles. The molecule has 4 aromatic rings. The van der Waals surface area contributed by atoms with E-state index in [9.17, 15) is 4.79 Å². The smallest absolute Gasteiger partial charge is 0.234 e. The van der Waals surface area contributed by atoms with E-state index in [1.165, 1.54) is 23.1 Å². The molecule has 7 nitrogen and oxygen atoms in total. The molecule has 0 saturated carbocycles. The summed E-state index contributed by atoms with van der Waals surface area (Å²) in [6.07, 6.45) is 1.73. The molecule has 0 atom stereocenters. The van der Waals surface area contributed by atoms with Crippen molar-refractivity contribution >= 4 is 56.4 Å². The SMILES string of the molecule is COc1ccc(Nc2nnc(SCC(=O)Nc3cccc4ncccc34)s2)cc1. The lowest BCUT2D eigenvalue weighted by molar-refractivity contribution is -0.113. The molecule has 0 aliphatic rings. The summed E-state index contributed by atoms with van der Waals surface area (Å²) in [6.45, 7) is 0. The third-order valence-electron chi connectivity index (χ3n) is 3.99. The van der Waals surface area contributed by atoms with Crippen LogP contribution in [-0.2, 0) is 4.79 Å². The highest BCUT2D eigenvalue weighted by Gasteiger charge is 2.10. The van der Waals surface area contributed by atoms with Crippen LogP contribution in [0.2, 0.25) is 0 Å². The van der Waals surface area contributed by atoms with E-state index in [1.807, 2.05) is 54.6 Å². The van der Waals surface area contributed by atoms with E-state index in [0.717, 1.165) is 32.4 Å². The number of carbonyl (C=O) groups is 1. The lowest BCUT2D eigenvalue weighted by Gasteiger charge is -2.07.